The van der Waals surface area contributed by atoms with E-state index in [0.717, 1.165) is 88.0 Å². The Balaban J connectivity index is 1.35. The van der Waals surface area contributed by atoms with Crippen LogP contribution in [0.5, 0.6) is 5.75 Å². The van der Waals surface area contributed by atoms with Gasteiger partial charge in [0, 0.05) is 32.2 Å². The minimum absolute atomic E-state index is 0.146. The summed E-state index contributed by atoms with van der Waals surface area (Å²) in [6, 6.07) is 6.35. The van der Waals surface area contributed by atoms with Crippen LogP contribution in [0.1, 0.15) is 45.1 Å². The Bertz CT molecular complexity index is 1180. The molecule has 5 rings (SSSR count). The fourth-order valence-electron chi connectivity index (χ4n) is 5.87. The Labute approximate surface area is 231 Å². The van der Waals surface area contributed by atoms with Crippen LogP contribution in [-0.4, -0.2) is 98.1 Å². The molecule has 1 N–H and O–H groups in total. The Morgan fingerprint density at radius 1 is 1.23 bits per heavy atom. The van der Waals surface area contributed by atoms with Crippen LogP contribution >= 0.6 is 0 Å². The van der Waals surface area contributed by atoms with Gasteiger partial charge in [-0.15, -0.1) is 0 Å². The summed E-state index contributed by atoms with van der Waals surface area (Å²) in [5, 5.41) is 2.83. The Morgan fingerprint density at radius 2 is 2.00 bits per heavy atom. The predicted molar refractivity (Wildman–Crippen MR) is 152 cm³/mol. The van der Waals surface area contributed by atoms with E-state index in [9.17, 15) is 4.79 Å². The topological polar surface area (TPSA) is 88.0 Å². The molecule has 210 valence electrons. The number of aliphatic imine (C=N–C) groups is 2. The van der Waals surface area contributed by atoms with Gasteiger partial charge in [0.15, 0.2) is 5.82 Å². The lowest BCUT2D eigenvalue weighted by atomic mass is 10.0. The first kappa shape index (κ1) is 27.4. The van der Waals surface area contributed by atoms with Gasteiger partial charge in [0.1, 0.15) is 18.1 Å². The summed E-state index contributed by atoms with van der Waals surface area (Å²) in [4.78, 5) is 27.1. The fraction of sp³-hybridized carbons (Fsp3) is 0.552. The Hall–Kier alpha value is -3.21. The maximum Gasteiger partial charge on any atom is 0.412 e. The van der Waals surface area contributed by atoms with E-state index in [4.69, 9.17) is 19.2 Å². The van der Waals surface area contributed by atoms with Crippen molar-refractivity contribution in [3.63, 3.8) is 0 Å². The molecule has 0 saturated carbocycles. The number of hydrogen-bond donors (Lipinski definition) is 1. The summed E-state index contributed by atoms with van der Waals surface area (Å²) in [6.45, 7) is 9.59. The van der Waals surface area contributed by atoms with Gasteiger partial charge >= 0.3 is 6.09 Å². The van der Waals surface area contributed by atoms with Crippen LogP contribution in [0.25, 0.3) is 0 Å². The molecule has 0 aliphatic carbocycles. The van der Waals surface area contributed by atoms with Crippen molar-refractivity contribution < 1.29 is 23.5 Å². The van der Waals surface area contributed by atoms with Crippen LogP contribution < -0.4 is 10.1 Å². The van der Waals surface area contributed by atoms with Crippen molar-refractivity contribution >= 4 is 23.8 Å². The number of hydrogen-bond acceptors (Lipinski definition) is 8. The van der Waals surface area contributed by atoms with E-state index < -0.39 is 6.09 Å². The van der Waals surface area contributed by atoms with Crippen molar-refractivity contribution in [2.24, 2.45) is 9.98 Å². The second-order valence-corrected chi connectivity index (χ2v) is 10.7. The number of rotatable bonds is 8. The predicted octanol–water partition coefficient (Wildman–Crippen LogP) is 4.16. The summed E-state index contributed by atoms with van der Waals surface area (Å²) in [5.74, 6) is 2.43. The summed E-state index contributed by atoms with van der Waals surface area (Å²) < 4.78 is 17.1. The standard InChI is InChI=1S/C29H40N6O4/c1-5-6-21(2)39-29(36)31-24-8-7-22(19-26(24)37-4)28-32-27(25-20-30-11-16-35(25,28)3)34-12-9-23(10-13-34)33-14-17-38-18-15-33/h7-8,11,16,19-21,23H,5-6,9-10,12-15,17-18H2,1-4H3/p+1/t21-,35?/m0/s1. The normalized spacial score (nSPS) is 24.4. The van der Waals surface area contributed by atoms with Gasteiger partial charge in [0.2, 0.25) is 11.5 Å². The number of amides is 1. The zero-order valence-electron chi connectivity index (χ0n) is 23.6. The van der Waals surface area contributed by atoms with Gasteiger partial charge in [-0.3, -0.25) is 15.2 Å². The van der Waals surface area contributed by atoms with Crippen molar-refractivity contribution in [2.45, 2.75) is 51.7 Å². The monoisotopic (exact) mass is 537 g/mol. The van der Waals surface area contributed by atoms with Crippen molar-refractivity contribution in [3.8, 4) is 5.75 Å². The lowest BCUT2D eigenvalue weighted by Crippen LogP contribution is -2.49. The number of methoxy groups -OCH3 is 1. The van der Waals surface area contributed by atoms with Gasteiger partial charge in [-0.05, 0) is 44.4 Å². The summed E-state index contributed by atoms with van der Waals surface area (Å²) in [7, 11) is 3.73. The number of morpholine rings is 1. The molecule has 1 amide bonds. The van der Waals surface area contributed by atoms with Crippen LogP contribution in [0.3, 0.4) is 0 Å². The van der Waals surface area contributed by atoms with E-state index in [0.29, 0.717) is 22.0 Å². The molecule has 0 aromatic heterocycles. The number of carbonyl (C=O) groups is 1. The van der Waals surface area contributed by atoms with Gasteiger partial charge in [-0.1, -0.05) is 13.3 Å². The third-order valence-corrected chi connectivity index (χ3v) is 8.05. The molecule has 1 aromatic rings. The van der Waals surface area contributed by atoms with Gasteiger partial charge in [-0.2, -0.15) is 4.99 Å². The molecule has 2 saturated heterocycles. The van der Waals surface area contributed by atoms with Gasteiger partial charge in [-0.25, -0.2) is 9.28 Å². The second kappa shape index (κ2) is 11.9. The molecule has 2 fully saturated rings. The third kappa shape index (κ3) is 5.73. The second-order valence-electron chi connectivity index (χ2n) is 10.7. The number of piperidine rings is 1. The zero-order valence-corrected chi connectivity index (χ0v) is 23.6. The number of anilines is 1. The van der Waals surface area contributed by atoms with Crippen LogP contribution in [0.15, 0.2) is 52.1 Å². The van der Waals surface area contributed by atoms with Crippen molar-refractivity contribution in [3.05, 3.63) is 47.7 Å². The molecule has 1 unspecified atom stereocenters. The van der Waals surface area contributed by atoms with E-state index in [1.54, 1.807) is 7.11 Å². The van der Waals surface area contributed by atoms with E-state index in [1.807, 2.05) is 37.5 Å². The minimum Gasteiger partial charge on any atom is -0.495 e. The lowest BCUT2D eigenvalue weighted by Gasteiger charge is -2.40. The van der Waals surface area contributed by atoms with E-state index in [1.165, 1.54) is 0 Å². The summed E-state index contributed by atoms with van der Waals surface area (Å²) in [5.41, 5.74) is 2.54. The molecule has 0 bridgehead atoms. The summed E-state index contributed by atoms with van der Waals surface area (Å²) >= 11 is 0. The maximum atomic E-state index is 12.4. The number of carbonyl (C=O) groups excluding carboxylic acids is 1. The van der Waals surface area contributed by atoms with E-state index >= 15 is 0 Å². The number of likely N-dealkylation sites (tertiary alicyclic amines) is 1. The van der Waals surface area contributed by atoms with Crippen LogP contribution in [0.2, 0.25) is 0 Å². The minimum atomic E-state index is -0.485. The molecule has 4 aliphatic rings. The van der Waals surface area contributed by atoms with Crippen molar-refractivity contribution in [1.29, 1.82) is 0 Å². The molecule has 10 heteroatoms. The maximum absolute atomic E-state index is 12.4. The number of amidine groups is 1. The Kier molecular flexibility index (Phi) is 8.34. The molecule has 0 spiro atoms. The lowest BCUT2D eigenvalue weighted by molar-refractivity contribution is -0.713. The highest BCUT2D eigenvalue weighted by atomic mass is 16.6. The molecule has 1 aromatic carbocycles. The van der Waals surface area contributed by atoms with Crippen LogP contribution in [0.4, 0.5) is 10.5 Å². The highest BCUT2D eigenvalue weighted by Gasteiger charge is 2.45. The number of nitrogens with zero attached hydrogens (tertiary/aromatic N) is 5. The highest BCUT2D eigenvalue weighted by Crippen LogP contribution is 2.37. The molecule has 10 nitrogen and oxygen atoms in total. The SMILES string of the molecule is CCC[C@H](C)OC(=O)Nc1ccc(C2=NC(N3CCC(N4CCOCC4)CC3)=C3C=NC=C[N+]23C)cc1OC. The average Bonchev–Trinajstić information content (AvgIpc) is 3.27. The number of allylic oxidation sites excluding steroid dienone is 1. The molecule has 2 atom stereocenters. The van der Waals surface area contributed by atoms with Crippen LogP contribution in [0, 0.1) is 0 Å². The quantitative estimate of drug-likeness (QED) is 0.501. The first-order chi connectivity index (χ1) is 18.9. The molecule has 0 radical (unpaired) electrons. The van der Waals surface area contributed by atoms with E-state index in [2.05, 4.69) is 40.3 Å². The highest BCUT2D eigenvalue weighted by molar-refractivity contribution is 6.01. The Morgan fingerprint density at radius 3 is 2.72 bits per heavy atom. The number of fused-ring (bicyclic) bond motifs is 1. The average molecular weight is 538 g/mol. The zero-order chi connectivity index (χ0) is 27.4. The van der Waals surface area contributed by atoms with Gasteiger partial charge in [0.25, 0.3) is 0 Å². The molecular weight excluding hydrogens is 496 g/mol. The third-order valence-electron chi connectivity index (χ3n) is 8.05. The molecule has 39 heavy (non-hydrogen) atoms. The summed E-state index contributed by atoms with van der Waals surface area (Å²) in [6.07, 6.45) is 9.18. The number of benzene rings is 1. The first-order valence-corrected chi connectivity index (χ1v) is 14.1. The molecule has 4 aliphatic heterocycles. The number of quaternary nitrogens is 1. The van der Waals surface area contributed by atoms with Gasteiger partial charge in [0.05, 0.1) is 51.0 Å². The molecule has 4 heterocycles. The number of nitrogens with one attached hydrogen (secondary N) is 1. The molecular formula is C29H41N6O4+. The van der Waals surface area contributed by atoms with Crippen molar-refractivity contribution in [1.82, 2.24) is 9.80 Å². The van der Waals surface area contributed by atoms with Crippen molar-refractivity contribution in [2.75, 3.05) is 58.9 Å². The largest absolute Gasteiger partial charge is 0.495 e. The van der Waals surface area contributed by atoms with Crippen LogP contribution in [-0.2, 0) is 9.47 Å². The van der Waals surface area contributed by atoms with Gasteiger partial charge < -0.3 is 19.1 Å². The number of ether oxygens (including phenoxy) is 3. The fourth-order valence-corrected chi connectivity index (χ4v) is 5.87. The first-order valence-electron chi connectivity index (χ1n) is 14.1. The smallest absolute Gasteiger partial charge is 0.412 e. The van der Waals surface area contributed by atoms with E-state index in [-0.39, 0.29) is 6.10 Å².